The SMILES string of the molecule is COc1cc(OC)c2c(Cl)nc(C3CCC3)nc2c1. The number of hydrogen-bond acceptors (Lipinski definition) is 4. The van der Waals surface area contributed by atoms with E-state index in [9.17, 15) is 0 Å². The van der Waals surface area contributed by atoms with Crippen LogP contribution in [0.5, 0.6) is 11.5 Å². The highest BCUT2D eigenvalue weighted by atomic mass is 35.5. The normalized spacial score (nSPS) is 15.3. The van der Waals surface area contributed by atoms with Crippen LogP contribution >= 0.6 is 11.6 Å². The van der Waals surface area contributed by atoms with Crippen LogP contribution in [0.3, 0.4) is 0 Å². The highest BCUT2D eigenvalue weighted by molar-refractivity contribution is 6.34. The maximum atomic E-state index is 6.29. The number of benzene rings is 1. The molecule has 100 valence electrons. The molecule has 1 aliphatic carbocycles. The highest BCUT2D eigenvalue weighted by Gasteiger charge is 2.24. The van der Waals surface area contributed by atoms with Crippen molar-refractivity contribution in [3.8, 4) is 11.5 Å². The van der Waals surface area contributed by atoms with Gasteiger partial charge in [-0.2, -0.15) is 0 Å². The lowest BCUT2D eigenvalue weighted by atomic mass is 9.85. The molecule has 0 saturated heterocycles. The zero-order valence-corrected chi connectivity index (χ0v) is 11.7. The van der Waals surface area contributed by atoms with Crippen molar-refractivity contribution in [1.29, 1.82) is 0 Å². The quantitative estimate of drug-likeness (QED) is 0.805. The Morgan fingerprint density at radius 1 is 1.16 bits per heavy atom. The van der Waals surface area contributed by atoms with E-state index in [-0.39, 0.29) is 0 Å². The van der Waals surface area contributed by atoms with Gasteiger partial charge in [0.05, 0.1) is 25.1 Å². The topological polar surface area (TPSA) is 44.2 Å². The van der Waals surface area contributed by atoms with E-state index in [4.69, 9.17) is 21.1 Å². The van der Waals surface area contributed by atoms with Gasteiger partial charge in [-0.3, -0.25) is 0 Å². The average molecular weight is 279 g/mol. The molecule has 0 N–H and O–H groups in total. The number of halogens is 1. The van der Waals surface area contributed by atoms with Crippen LogP contribution in [0.1, 0.15) is 31.0 Å². The molecule has 1 saturated carbocycles. The van der Waals surface area contributed by atoms with E-state index < -0.39 is 0 Å². The average Bonchev–Trinajstić information content (AvgIpc) is 2.35. The summed E-state index contributed by atoms with van der Waals surface area (Å²) in [6.45, 7) is 0. The first-order valence-electron chi connectivity index (χ1n) is 6.32. The first-order chi connectivity index (χ1) is 9.22. The number of fused-ring (bicyclic) bond motifs is 1. The molecular weight excluding hydrogens is 264 g/mol. The van der Waals surface area contributed by atoms with Crippen LogP contribution in [0.2, 0.25) is 5.15 Å². The molecule has 0 spiro atoms. The molecule has 0 unspecified atom stereocenters. The Morgan fingerprint density at radius 2 is 1.95 bits per heavy atom. The highest BCUT2D eigenvalue weighted by Crippen LogP contribution is 2.39. The van der Waals surface area contributed by atoms with Crippen molar-refractivity contribution < 1.29 is 9.47 Å². The van der Waals surface area contributed by atoms with Crippen LogP contribution in [0, 0.1) is 0 Å². The number of hydrogen-bond donors (Lipinski definition) is 0. The third-order valence-corrected chi connectivity index (χ3v) is 3.91. The molecule has 5 heteroatoms. The molecule has 0 atom stereocenters. The fourth-order valence-corrected chi connectivity index (χ4v) is 2.58. The molecule has 0 aliphatic heterocycles. The van der Waals surface area contributed by atoms with Gasteiger partial charge in [0.2, 0.25) is 0 Å². The third kappa shape index (κ3) is 2.10. The Hall–Kier alpha value is -1.55. The van der Waals surface area contributed by atoms with Crippen LogP contribution in [0.15, 0.2) is 12.1 Å². The Labute approximate surface area is 116 Å². The van der Waals surface area contributed by atoms with Crippen LogP contribution in [-0.4, -0.2) is 24.2 Å². The maximum Gasteiger partial charge on any atom is 0.144 e. The summed E-state index contributed by atoms with van der Waals surface area (Å²) in [7, 11) is 3.22. The first-order valence-corrected chi connectivity index (χ1v) is 6.70. The summed E-state index contributed by atoms with van der Waals surface area (Å²) < 4.78 is 10.6. The molecule has 0 radical (unpaired) electrons. The Bertz CT molecular complexity index is 626. The van der Waals surface area contributed by atoms with Gasteiger partial charge in [0.1, 0.15) is 22.5 Å². The van der Waals surface area contributed by atoms with Gasteiger partial charge in [0.25, 0.3) is 0 Å². The van der Waals surface area contributed by atoms with Crippen LogP contribution in [-0.2, 0) is 0 Å². The van der Waals surface area contributed by atoms with Crippen molar-refractivity contribution in [2.45, 2.75) is 25.2 Å². The van der Waals surface area contributed by atoms with Gasteiger partial charge < -0.3 is 9.47 Å². The molecular formula is C14H15ClN2O2. The number of nitrogens with zero attached hydrogens (tertiary/aromatic N) is 2. The van der Waals surface area contributed by atoms with Gasteiger partial charge in [-0.1, -0.05) is 18.0 Å². The fraction of sp³-hybridized carbons (Fsp3) is 0.429. The largest absolute Gasteiger partial charge is 0.497 e. The number of rotatable bonds is 3. The minimum Gasteiger partial charge on any atom is -0.497 e. The van der Waals surface area contributed by atoms with Crippen LogP contribution in [0.25, 0.3) is 10.9 Å². The van der Waals surface area contributed by atoms with Crippen molar-refractivity contribution >= 4 is 22.5 Å². The van der Waals surface area contributed by atoms with Gasteiger partial charge in [0.15, 0.2) is 0 Å². The second-order valence-corrected chi connectivity index (χ2v) is 5.08. The molecule has 1 aromatic carbocycles. The molecule has 2 aromatic rings. The third-order valence-electron chi connectivity index (χ3n) is 3.63. The number of ether oxygens (including phenoxy) is 2. The van der Waals surface area contributed by atoms with Crippen molar-refractivity contribution in [3.63, 3.8) is 0 Å². The lowest BCUT2D eigenvalue weighted by Crippen LogP contribution is -2.13. The van der Waals surface area contributed by atoms with Crippen molar-refractivity contribution in [3.05, 3.63) is 23.1 Å². The predicted molar refractivity (Wildman–Crippen MR) is 74.2 cm³/mol. The van der Waals surface area contributed by atoms with E-state index in [1.54, 1.807) is 20.3 Å². The summed E-state index contributed by atoms with van der Waals surface area (Å²) >= 11 is 6.29. The Balaban J connectivity index is 2.21. The standard InChI is InChI=1S/C14H15ClN2O2/c1-18-9-6-10-12(11(7-9)19-2)13(15)17-14(16-10)8-4-3-5-8/h6-8H,3-5H2,1-2H3. The molecule has 1 aliphatic rings. The minimum absolute atomic E-state index is 0.444. The molecule has 4 nitrogen and oxygen atoms in total. The van der Waals surface area contributed by atoms with Gasteiger partial charge >= 0.3 is 0 Å². The number of aromatic nitrogens is 2. The zero-order chi connectivity index (χ0) is 13.4. The summed E-state index contributed by atoms with van der Waals surface area (Å²) in [6.07, 6.45) is 3.52. The lowest BCUT2D eigenvalue weighted by Gasteiger charge is -2.24. The molecule has 3 rings (SSSR count). The van der Waals surface area contributed by atoms with Gasteiger partial charge in [-0.15, -0.1) is 0 Å². The van der Waals surface area contributed by atoms with E-state index in [2.05, 4.69) is 9.97 Å². The van der Waals surface area contributed by atoms with Crippen LogP contribution in [0.4, 0.5) is 0 Å². The molecule has 0 amide bonds. The Morgan fingerprint density at radius 3 is 2.53 bits per heavy atom. The van der Waals surface area contributed by atoms with Gasteiger partial charge in [-0.25, -0.2) is 9.97 Å². The molecule has 0 bridgehead atoms. The van der Waals surface area contributed by atoms with Crippen molar-refractivity contribution in [2.75, 3.05) is 14.2 Å². The second-order valence-electron chi connectivity index (χ2n) is 4.72. The predicted octanol–water partition coefficient (Wildman–Crippen LogP) is 3.57. The molecule has 19 heavy (non-hydrogen) atoms. The van der Waals surface area contributed by atoms with E-state index in [1.807, 2.05) is 6.07 Å². The van der Waals surface area contributed by atoms with Crippen molar-refractivity contribution in [1.82, 2.24) is 9.97 Å². The first kappa shape index (κ1) is 12.5. The molecule has 1 fully saturated rings. The monoisotopic (exact) mass is 278 g/mol. The van der Waals surface area contributed by atoms with Crippen molar-refractivity contribution in [2.24, 2.45) is 0 Å². The summed E-state index contributed by atoms with van der Waals surface area (Å²) in [5.74, 6) is 2.62. The Kier molecular flexibility index (Phi) is 3.19. The number of methoxy groups -OCH3 is 2. The van der Waals surface area contributed by atoms with Gasteiger partial charge in [0, 0.05) is 18.1 Å². The second kappa shape index (κ2) is 4.85. The summed E-state index contributed by atoms with van der Waals surface area (Å²) in [5, 5.41) is 1.19. The molecule has 1 heterocycles. The molecule has 1 aromatic heterocycles. The smallest absolute Gasteiger partial charge is 0.144 e. The summed E-state index contributed by atoms with van der Waals surface area (Å²) in [5.41, 5.74) is 0.776. The zero-order valence-electron chi connectivity index (χ0n) is 10.9. The van der Waals surface area contributed by atoms with E-state index in [0.29, 0.717) is 22.6 Å². The summed E-state index contributed by atoms with van der Waals surface area (Å²) in [4.78, 5) is 9.04. The summed E-state index contributed by atoms with van der Waals surface area (Å²) in [6, 6.07) is 3.66. The van der Waals surface area contributed by atoms with Gasteiger partial charge in [-0.05, 0) is 12.8 Å². The lowest BCUT2D eigenvalue weighted by molar-refractivity contribution is 0.395. The van der Waals surface area contributed by atoms with E-state index >= 15 is 0 Å². The van der Waals surface area contributed by atoms with E-state index in [0.717, 1.165) is 29.6 Å². The maximum absolute atomic E-state index is 6.29. The van der Waals surface area contributed by atoms with E-state index in [1.165, 1.54) is 6.42 Å². The minimum atomic E-state index is 0.444. The fourth-order valence-electron chi connectivity index (χ4n) is 2.30. The van der Waals surface area contributed by atoms with Crippen LogP contribution < -0.4 is 9.47 Å².